The standard InChI is InChI=1S/C38H56N4O9S/c1-7-47-23-24-49-26-25-48-22-20-42-28-33(40-41-42)29-51-38(5,6)18-21-50-37(3,4)17-19-39-36(44)32-12-10-31(11-13-32)35(43)16-27-52(45,46)34-14-8-30(2)9-15-34/h8-15,28H,7,16-27,29H2,1-6H3,(H,39,44). The van der Waals surface area contributed by atoms with E-state index in [1.165, 1.54) is 0 Å². The van der Waals surface area contributed by atoms with Gasteiger partial charge in [0.15, 0.2) is 15.6 Å². The second-order valence-corrected chi connectivity index (χ2v) is 15.8. The van der Waals surface area contributed by atoms with Crippen molar-refractivity contribution >= 4 is 21.5 Å². The molecule has 0 aliphatic heterocycles. The van der Waals surface area contributed by atoms with Gasteiger partial charge in [0.05, 0.1) is 80.8 Å². The molecule has 2 aromatic carbocycles. The number of hydrogen-bond acceptors (Lipinski definition) is 11. The van der Waals surface area contributed by atoms with Gasteiger partial charge < -0.3 is 29.0 Å². The first kappa shape index (κ1) is 42.9. The number of aromatic nitrogens is 3. The molecule has 0 spiro atoms. The van der Waals surface area contributed by atoms with Crippen molar-refractivity contribution in [3.63, 3.8) is 0 Å². The number of carbonyl (C=O) groups is 2. The summed E-state index contributed by atoms with van der Waals surface area (Å²) < 4.78 is 55.5. The van der Waals surface area contributed by atoms with Gasteiger partial charge in [0.25, 0.3) is 5.91 Å². The van der Waals surface area contributed by atoms with Crippen LogP contribution in [0.15, 0.2) is 59.6 Å². The molecule has 1 heterocycles. The first-order chi connectivity index (χ1) is 24.7. The third-order valence-electron chi connectivity index (χ3n) is 8.27. The smallest absolute Gasteiger partial charge is 0.251 e. The fraction of sp³-hybridized carbons (Fsp3) is 0.579. The molecule has 13 nitrogen and oxygen atoms in total. The first-order valence-electron chi connectivity index (χ1n) is 17.8. The molecule has 3 rings (SSSR count). The number of sulfone groups is 1. The van der Waals surface area contributed by atoms with Gasteiger partial charge in [-0.1, -0.05) is 35.0 Å². The highest BCUT2D eigenvalue weighted by atomic mass is 32.2. The van der Waals surface area contributed by atoms with Gasteiger partial charge in [-0.3, -0.25) is 9.59 Å². The van der Waals surface area contributed by atoms with Crippen LogP contribution in [-0.2, 0) is 46.7 Å². The van der Waals surface area contributed by atoms with Crippen LogP contribution in [0.5, 0.6) is 0 Å². The van der Waals surface area contributed by atoms with E-state index in [1.54, 1.807) is 53.2 Å². The topological polar surface area (TPSA) is 157 Å². The van der Waals surface area contributed by atoms with Crippen LogP contribution in [0.25, 0.3) is 0 Å². The SMILES string of the molecule is CCOCCOCCOCCn1cc(COC(C)(C)CCOC(C)(C)CCNC(=O)c2ccc(C(=O)CCS(=O)(=O)c3ccc(C)cc3)cc2)nn1. The number of carbonyl (C=O) groups excluding carboxylic acids is 2. The minimum atomic E-state index is -3.57. The maximum atomic E-state index is 12.8. The zero-order valence-corrected chi connectivity index (χ0v) is 32.3. The highest BCUT2D eigenvalue weighted by molar-refractivity contribution is 7.91. The van der Waals surface area contributed by atoms with Gasteiger partial charge >= 0.3 is 0 Å². The van der Waals surface area contributed by atoms with E-state index in [9.17, 15) is 18.0 Å². The summed E-state index contributed by atoms with van der Waals surface area (Å²) in [6.45, 7) is 16.9. The Morgan fingerprint density at radius 2 is 1.40 bits per heavy atom. The zero-order chi connectivity index (χ0) is 38.0. The van der Waals surface area contributed by atoms with Crippen LogP contribution in [0.2, 0.25) is 0 Å². The number of nitrogens with one attached hydrogen (secondary N) is 1. The van der Waals surface area contributed by atoms with Gasteiger partial charge in [0.2, 0.25) is 0 Å². The third kappa shape index (κ3) is 16.0. The van der Waals surface area contributed by atoms with Crippen LogP contribution >= 0.6 is 0 Å². The lowest BCUT2D eigenvalue weighted by Gasteiger charge is -2.29. The van der Waals surface area contributed by atoms with Gasteiger partial charge in [0, 0.05) is 30.7 Å². The molecule has 1 N–H and O–H groups in total. The number of nitrogens with zero attached hydrogens (tertiary/aromatic N) is 3. The predicted molar refractivity (Wildman–Crippen MR) is 197 cm³/mol. The van der Waals surface area contributed by atoms with E-state index in [4.69, 9.17) is 23.7 Å². The summed E-state index contributed by atoms with van der Waals surface area (Å²) in [6, 6.07) is 12.8. The lowest BCUT2D eigenvalue weighted by atomic mass is 10.0. The molecule has 0 aliphatic rings. The molecule has 0 saturated heterocycles. The van der Waals surface area contributed by atoms with Gasteiger partial charge in [-0.05, 0) is 78.6 Å². The molecule has 1 amide bonds. The fourth-order valence-corrected chi connectivity index (χ4v) is 6.11. The number of amides is 1. The van der Waals surface area contributed by atoms with Crippen LogP contribution in [0, 0.1) is 6.92 Å². The molecule has 52 heavy (non-hydrogen) atoms. The molecule has 0 bridgehead atoms. The molecule has 0 atom stereocenters. The fourth-order valence-electron chi connectivity index (χ4n) is 4.86. The molecule has 14 heteroatoms. The van der Waals surface area contributed by atoms with E-state index in [0.29, 0.717) is 89.9 Å². The van der Waals surface area contributed by atoms with Crippen molar-refractivity contribution in [2.45, 2.75) is 90.1 Å². The minimum absolute atomic E-state index is 0.146. The lowest BCUT2D eigenvalue weighted by Crippen LogP contribution is -2.34. The molecular weight excluding hydrogens is 689 g/mol. The van der Waals surface area contributed by atoms with Gasteiger partial charge in [-0.2, -0.15) is 0 Å². The Bertz CT molecular complexity index is 1620. The van der Waals surface area contributed by atoms with Crippen LogP contribution in [0.3, 0.4) is 0 Å². The highest BCUT2D eigenvalue weighted by Crippen LogP contribution is 2.21. The van der Waals surface area contributed by atoms with Crippen molar-refractivity contribution in [3.8, 4) is 0 Å². The summed E-state index contributed by atoms with van der Waals surface area (Å²) in [7, 11) is -3.57. The highest BCUT2D eigenvalue weighted by Gasteiger charge is 2.24. The summed E-state index contributed by atoms with van der Waals surface area (Å²) in [5, 5.41) is 11.3. The van der Waals surface area contributed by atoms with E-state index in [2.05, 4.69) is 15.6 Å². The molecule has 0 unspecified atom stereocenters. The normalized spacial score (nSPS) is 12.3. The second-order valence-electron chi connectivity index (χ2n) is 13.7. The maximum Gasteiger partial charge on any atom is 0.251 e. The van der Waals surface area contributed by atoms with Crippen LogP contribution in [-0.4, -0.2) is 105 Å². The molecule has 3 aromatic rings. The quantitative estimate of drug-likeness (QED) is 0.0872. The lowest BCUT2D eigenvalue weighted by molar-refractivity contribution is -0.0801. The van der Waals surface area contributed by atoms with E-state index in [1.807, 2.05) is 47.7 Å². The van der Waals surface area contributed by atoms with Crippen LogP contribution in [0.4, 0.5) is 0 Å². The van der Waals surface area contributed by atoms with Gasteiger partial charge in [0.1, 0.15) is 5.69 Å². The van der Waals surface area contributed by atoms with Gasteiger partial charge in [-0.25, -0.2) is 13.1 Å². The summed E-state index contributed by atoms with van der Waals surface area (Å²) >= 11 is 0. The molecule has 1 aromatic heterocycles. The number of Topliss-reactive ketones (excluding diaryl/α,β-unsaturated/α-hetero) is 1. The van der Waals surface area contributed by atoms with Crippen molar-refractivity contribution in [2.24, 2.45) is 0 Å². The van der Waals surface area contributed by atoms with E-state index < -0.39 is 21.0 Å². The number of ether oxygens (including phenoxy) is 5. The number of benzene rings is 2. The van der Waals surface area contributed by atoms with E-state index >= 15 is 0 Å². The molecule has 0 fully saturated rings. The average molecular weight is 745 g/mol. The van der Waals surface area contributed by atoms with Crippen molar-refractivity contribution in [1.29, 1.82) is 0 Å². The Morgan fingerprint density at radius 1 is 0.788 bits per heavy atom. The Hall–Kier alpha value is -3.53. The van der Waals surface area contributed by atoms with Crippen molar-refractivity contribution in [3.05, 3.63) is 77.1 Å². The Kier molecular flexibility index (Phi) is 17.5. The molecule has 288 valence electrons. The number of aryl methyl sites for hydroxylation is 1. The predicted octanol–water partition coefficient (Wildman–Crippen LogP) is 5.00. The summed E-state index contributed by atoms with van der Waals surface area (Å²) in [5.74, 6) is -0.852. The Morgan fingerprint density at radius 3 is 2.08 bits per heavy atom. The average Bonchev–Trinajstić information content (AvgIpc) is 3.57. The monoisotopic (exact) mass is 744 g/mol. The van der Waals surface area contributed by atoms with Crippen molar-refractivity contribution in [1.82, 2.24) is 20.3 Å². The number of rotatable bonds is 26. The van der Waals surface area contributed by atoms with Crippen LogP contribution < -0.4 is 5.32 Å². The third-order valence-corrected chi connectivity index (χ3v) is 10.00. The first-order valence-corrected chi connectivity index (χ1v) is 19.5. The second kappa shape index (κ2) is 21.2. The summed E-state index contributed by atoms with van der Waals surface area (Å²) in [6.07, 6.45) is 2.94. The van der Waals surface area contributed by atoms with Crippen molar-refractivity contribution < 1.29 is 41.7 Å². The Labute approximate surface area is 308 Å². The minimum Gasteiger partial charge on any atom is -0.379 e. The van der Waals surface area contributed by atoms with E-state index in [0.717, 1.165) is 11.3 Å². The zero-order valence-electron chi connectivity index (χ0n) is 31.5. The van der Waals surface area contributed by atoms with Crippen molar-refractivity contribution in [2.75, 3.05) is 58.5 Å². The molecule has 0 saturated carbocycles. The summed E-state index contributed by atoms with van der Waals surface area (Å²) in [5.41, 5.74) is 1.51. The van der Waals surface area contributed by atoms with Gasteiger partial charge in [-0.15, -0.1) is 5.10 Å². The summed E-state index contributed by atoms with van der Waals surface area (Å²) in [4.78, 5) is 25.6. The number of ketones is 1. The molecule has 0 radical (unpaired) electrons. The largest absolute Gasteiger partial charge is 0.379 e. The van der Waals surface area contributed by atoms with E-state index in [-0.39, 0.29) is 28.8 Å². The van der Waals surface area contributed by atoms with Crippen LogP contribution in [0.1, 0.15) is 85.9 Å². The molecular formula is C38H56N4O9S. The maximum absolute atomic E-state index is 12.8. The Balaban J connectivity index is 1.30. The molecule has 0 aliphatic carbocycles. The number of hydrogen-bond donors (Lipinski definition) is 1.